The Labute approximate surface area is 126 Å². The van der Waals surface area contributed by atoms with Gasteiger partial charge in [-0.05, 0) is 37.3 Å². The molecule has 0 fully saturated rings. The van der Waals surface area contributed by atoms with Gasteiger partial charge in [-0.15, -0.1) is 0 Å². The van der Waals surface area contributed by atoms with Crippen molar-refractivity contribution in [2.75, 3.05) is 19.0 Å². The first kappa shape index (κ1) is 14.6. The largest absolute Gasteiger partial charge is 0.461 e. The van der Waals surface area contributed by atoms with Crippen LogP contribution < -0.4 is 10.6 Å². The van der Waals surface area contributed by atoms with E-state index >= 15 is 0 Å². The van der Waals surface area contributed by atoms with E-state index in [2.05, 4.69) is 15.6 Å². The number of H-pyrrole nitrogens is 1. The van der Waals surface area contributed by atoms with E-state index in [0.717, 1.165) is 10.9 Å². The number of carbonyl (C=O) groups is 1. The number of thiocarbonyl (C=S) groups is 1. The number of anilines is 1. The van der Waals surface area contributed by atoms with Gasteiger partial charge in [-0.25, -0.2) is 4.79 Å². The number of fused-ring (bicyclic) bond motifs is 1. The Bertz CT molecular complexity index is 669. The fraction of sp³-hybridized carbons (Fsp3) is 0.231. The third-order valence-corrected chi connectivity index (χ3v) is 3.25. The minimum absolute atomic E-state index is 0.296. The second-order valence-electron chi connectivity index (χ2n) is 3.99. The normalized spacial score (nSPS) is 10.3. The lowest BCUT2D eigenvalue weighted by molar-refractivity contribution is 0.0522. The first-order chi connectivity index (χ1) is 9.56. The summed E-state index contributed by atoms with van der Waals surface area (Å²) in [5.74, 6) is -0.443. The minimum Gasteiger partial charge on any atom is -0.461 e. The van der Waals surface area contributed by atoms with Crippen molar-refractivity contribution >= 4 is 51.5 Å². The van der Waals surface area contributed by atoms with Crippen molar-refractivity contribution in [1.82, 2.24) is 10.3 Å². The summed E-state index contributed by atoms with van der Waals surface area (Å²) in [6.07, 6.45) is 0. The quantitative estimate of drug-likeness (QED) is 0.601. The van der Waals surface area contributed by atoms with Crippen LogP contribution in [0.1, 0.15) is 17.4 Å². The van der Waals surface area contributed by atoms with Crippen molar-refractivity contribution in [2.45, 2.75) is 6.92 Å². The molecule has 2 aromatic rings. The number of halogens is 1. The molecule has 106 valence electrons. The van der Waals surface area contributed by atoms with E-state index in [1.807, 2.05) is 0 Å². The zero-order valence-electron chi connectivity index (χ0n) is 11.0. The summed E-state index contributed by atoms with van der Waals surface area (Å²) in [7, 11) is 1.70. The van der Waals surface area contributed by atoms with Gasteiger partial charge in [0.05, 0.1) is 12.3 Å². The van der Waals surface area contributed by atoms with E-state index in [-0.39, 0.29) is 0 Å². The third-order valence-electron chi connectivity index (χ3n) is 2.71. The molecule has 0 aliphatic heterocycles. The highest BCUT2D eigenvalue weighted by molar-refractivity contribution is 7.80. The fourth-order valence-corrected chi connectivity index (χ4v) is 2.10. The lowest BCUT2D eigenvalue weighted by Crippen LogP contribution is -2.25. The Hall–Kier alpha value is -1.79. The summed E-state index contributed by atoms with van der Waals surface area (Å²) in [5, 5.41) is 7.53. The maximum absolute atomic E-state index is 12.0. The highest BCUT2D eigenvalue weighted by atomic mass is 35.5. The van der Waals surface area contributed by atoms with Crippen molar-refractivity contribution in [2.24, 2.45) is 0 Å². The van der Waals surface area contributed by atoms with Gasteiger partial charge in [0, 0.05) is 23.0 Å². The number of esters is 1. The topological polar surface area (TPSA) is 66.2 Å². The molecule has 0 saturated heterocycles. The Balaban J connectivity index is 2.57. The van der Waals surface area contributed by atoms with E-state index in [1.54, 1.807) is 32.2 Å². The third kappa shape index (κ3) is 2.86. The Morgan fingerprint density at radius 1 is 1.50 bits per heavy atom. The summed E-state index contributed by atoms with van der Waals surface area (Å²) in [6, 6.07) is 5.31. The molecule has 0 aliphatic rings. The predicted molar refractivity (Wildman–Crippen MR) is 84.5 cm³/mol. The number of hydrogen-bond acceptors (Lipinski definition) is 3. The van der Waals surface area contributed by atoms with Gasteiger partial charge in [-0.3, -0.25) is 0 Å². The smallest absolute Gasteiger partial charge is 0.356 e. The number of aromatic amines is 1. The molecule has 0 bridgehead atoms. The van der Waals surface area contributed by atoms with Crippen LogP contribution in [-0.4, -0.2) is 29.7 Å². The molecule has 1 heterocycles. The zero-order chi connectivity index (χ0) is 14.7. The molecule has 2 rings (SSSR count). The summed E-state index contributed by atoms with van der Waals surface area (Å²) in [6.45, 7) is 2.05. The van der Waals surface area contributed by atoms with Crippen LogP contribution in [0.3, 0.4) is 0 Å². The molecule has 0 atom stereocenters. The lowest BCUT2D eigenvalue weighted by atomic mass is 10.2. The number of rotatable bonds is 3. The van der Waals surface area contributed by atoms with E-state index in [4.69, 9.17) is 28.6 Å². The zero-order valence-corrected chi connectivity index (χ0v) is 12.6. The average molecular weight is 312 g/mol. The van der Waals surface area contributed by atoms with E-state index in [9.17, 15) is 4.79 Å². The van der Waals surface area contributed by atoms with Gasteiger partial charge < -0.3 is 20.4 Å². The molecule has 20 heavy (non-hydrogen) atoms. The Morgan fingerprint density at radius 2 is 2.25 bits per heavy atom. The van der Waals surface area contributed by atoms with Crippen LogP contribution in [0.4, 0.5) is 5.69 Å². The molecule has 7 heteroatoms. The number of ether oxygens (including phenoxy) is 1. The van der Waals surface area contributed by atoms with Gasteiger partial charge in [-0.2, -0.15) is 0 Å². The molecule has 0 radical (unpaired) electrons. The molecule has 5 nitrogen and oxygen atoms in total. The number of hydrogen-bond donors (Lipinski definition) is 3. The van der Waals surface area contributed by atoms with Gasteiger partial charge >= 0.3 is 5.97 Å². The Morgan fingerprint density at radius 3 is 2.90 bits per heavy atom. The first-order valence-corrected chi connectivity index (χ1v) is 6.82. The molecule has 3 N–H and O–H groups in total. The summed E-state index contributed by atoms with van der Waals surface area (Å²) in [5.41, 5.74) is 1.65. The van der Waals surface area contributed by atoms with Crippen molar-refractivity contribution in [3.63, 3.8) is 0 Å². The van der Waals surface area contributed by atoms with Gasteiger partial charge in [0.25, 0.3) is 0 Å². The number of nitrogens with one attached hydrogen (secondary N) is 3. The molecule has 1 aromatic heterocycles. The van der Waals surface area contributed by atoms with Gasteiger partial charge in [0.1, 0.15) is 5.69 Å². The predicted octanol–water partition coefficient (Wildman–Crippen LogP) is 2.91. The molecule has 0 unspecified atom stereocenters. The minimum atomic E-state index is -0.443. The summed E-state index contributed by atoms with van der Waals surface area (Å²) < 4.78 is 5.04. The highest BCUT2D eigenvalue weighted by Gasteiger charge is 2.19. The van der Waals surface area contributed by atoms with Crippen molar-refractivity contribution in [1.29, 1.82) is 0 Å². The van der Waals surface area contributed by atoms with Crippen LogP contribution in [0.2, 0.25) is 5.02 Å². The molecule has 0 spiro atoms. The van der Waals surface area contributed by atoms with E-state index < -0.39 is 5.97 Å². The van der Waals surface area contributed by atoms with E-state index in [1.165, 1.54) is 0 Å². The maximum atomic E-state index is 12.0. The van der Waals surface area contributed by atoms with Crippen LogP contribution in [0, 0.1) is 0 Å². The second kappa shape index (κ2) is 6.11. The standard InChI is InChI=1S/C13H14ClN3O2S/c1-3-19-12(18)11-10(17-13(20)15-2)8-6-7(14)4-5-9(8)16-11/h4-6,16H,3H2,1-2H3,(H2,15,17,20). The van der Waals surface area contributed by atoms with Crippen LogP contribution in [0.25, 0.3) is 10.9 Å². The maximum Gasteiger partial charge on any atom is 0.356 e. The van der Waals surface area contributed by atoms with Gasteiger partial charge in [0.15, 0.2) is 5.11 Å². The molecular weight excluding hydrogens is 298 g/mol. The lowest BCUT2D eigenvalue weighted by Gasteiger charge is -2.08. The number of carbonyl (C=O) groups excluding carboxylic acids is 1. The van der Waals surface area contributed by atoms with Crippen molar-refractivity contribution < 1.29 is 9.53 Å². The summed E-state index contributed by atoms with van der Waals surface area (Å²) >= 11 is 11.1. The molecule has 1 aromatic carbocycles. The number of aromatic nitrogens is 1. The molecule has 0 saturated carbocycles. The molecular formula is C13H14ClN3O2S. The average Bonchev–Trinajstić information content (AvgIpc) is 2.77. The van der Waals surface area contributed by atoms with Gasteiger partial charge in [-0.1, -0.05) is 11.6 Å². The Kier molecular flexibility index (Phi) is 4.46. The van der Waals surface area contributed by atoms with E-state index in [0.29, 0.717) is 28.1 Å². The fourth-order valence-electron chi connectivity index (χ4n) is 1.83. The van der Waals surface area contributed by atoms with Crippen LogP contribution in [-0.2, 0) is 4.74 Å². The van der Waals surface area contributed by atoms with Crippen molar-refractivity contribution in [3.05, 3.63) is 28.9 Å². The monoisotopic (exact) mass is 311 g/mol. The second-order valence-corrected chi connectivity index (χ2v) is 4.83. The van der Waals surface area contributed by atoms with Crippen LogP contribution >= 0.6 is 23.8 Å². The van der Waals surface area contributed by atoms with Gasteiger partial charge in [0.2, 0.25) is 0 Å². The number of benzene rings is 1. The van der Waals surface area contributed by atoms with Crippen molar-refractivity contribution in [3.8, 4) is 0 Å². The first-order valence-electron chi connectivity index (χ1n) is 6.04. The highest BCUT2D eigenvalue weighted by Crippen LogP contribution is 2.30. The SMILES string of the molecule is CCOC(=O)c1[nH]c2ccc(Cl)cc2c1NC(=S)NC. The van der Waals surface area contributed by atoms with Crippen LogP contribution in [0.5, 0.6) is 0 Å². The van der Waals surface area contributed by atoms with Crippen LogP contribution in [0.15, 0.2) is 18.2 Å². The molecule has 0 aliphatic carbocycles. The summed E-state index contributed by atoms with van der Waals surface area (Å²) in [4.78, 5) is 15.0. The molecule has 0 amide bonds.